The molecule has 0 fully saturated rings. The van der Waals surface area contributed by atoms with E-state index in [0.717, 1.165) is 4.47 Å². The van der Waals surface area contributed by atoms with E-state index in [2.05, 4.69) is 31.8 Å². The molecule has 1 rings (SSSR count). The Labute approximate surface area is 113 Å². The van der Waals surface area contributed by atoms with E-state index >= 15 is 0 Å². The SMILES string of the molecule is CNC(=S)N[NH+]=Cc1cc(Br)cc(OC)c1O. The largest absolute Gasteiger partial charge is 0.504 e. The molecule has 0 heterocycles. The number of hydrazone groups is 1. The molecule has 92 valence electrons. The topological polar surface area (TPSA) is 67.5 Å². The molecule has 4 N–H and O–H groups in total. The maximum atomic E-state index is 9.84. The fourth-order valence-electron chi connectivity index (χ4n) is 1.10. The van der Waals surface area contributed by atoms with Crippen LogP contribution in [0.3, 0.4) is 0 Å². The van der Waals surface area contributed by atoms with Gasteiger partial charge >= 0.3 is 0 Å². The zero-order chi connectivity index (χ0) is 12.8. The van der Waals surface area contributed by atoms with E-state index in [9.17, 15) is 5.11 Å². The molecule has 0 radical (unpaired) electrons. The number of nitrogens with one attached hydrogen (secondary N) is 3. The molecule has 17 heavy (non-hydrogen) atoms. The second kappa shape index (κ2) is 6.41. The monoisotopic (exact) mass is 318 g/mol. The zero-order valence-corrected chi connectivity index (χ0v) is 11.8. The average molecular weight is 319 g/mol. The molecule has 1 aromatic rings. The molecule has 0 aliphatic heterocycles. The lowest BCUT2D eigenvalue weighted by Crippen LogP contribution is -2.82. The van der Waals surface area contributed by atoms with Crippen molar-refractivity contribution in [2.75, 3.05) is 14.2 Å². The van der Waals surface area contributed by atoms with Gasteiger partial charge in [-0.1, -0.05) is 15.9 Å². The lowest BCUT2D eigenvalue weighted by atomic mass is 10.2. The van der Waals surface area contributed by atoms with Gasteiger partial charge in [0.15, 0.2) is 11.5 Å². The van der Waals surface area contributed by atoms with Crippen molar-refractivity contribution in [3.63, 3.8) is 0 Å². The van der Waals surface area contributed by atoms with E-state index in [-0.39, 0.29) is 5.75 Å². The lowest BCUT2D eigenvalue weighted by molar-refractivity contribution is -0.500. The van der Waals surface area contributed by atoms with Crippen molar-refractivity contribution in [3.05, 3.63) is 22.2 Å². The minimum absolute atomic E-state index is 0.0559. The van der Waals surface area contributed by atoms with E-state index in [4.69, 9.17) is 17.0 Å². The molecule has 7 heteroatoms. The number of thiocarbonyl (C=S) groups is 1. The fourth-order valence-corrected chi connectivity index (χ4v) is 1.62. The highest BCUT2D eigenvalue weighted by Crippen LogP contribution is 2.32. The summed E-state index contributed by atoms with van der Waals surface area (Å²) in [5.41, 5.74) is 3.28. The van der Waals surface area contributed by atoms with Crippen LogP contribution in [0.4, 0.5) is 0 Å². The Kier molecular flexibility index (Phi) is 5.17. The lowest BCUT2D eigenvalue weighted by Gasteiger charge is -2.05. The maximum absolute atomic E-state index is 9.84. The number of halogens is 1. The Morgan fingerprint density at radius 1 is 1.59 bits per heavy atom. The summed E-state index contributed by atoms with van der Waals surface area (Å²) in [5.74, 6) is 0.448. The van der Waals surface area contributed by atoms with Gasteiger partial charge in [-0.15, -0.1) is 10.5 Å². The first-order valence-corrected chi connectivity index (χ1v) is 5.91. The summed E-state index contributed by atoms with van der Waals surface area (Å²) >= 11 is 8.20. The molecular formula is C10H13BrN3O2S+. The molecule has 5 nitrogen and oxygen atoms in total. The van der Waals surface area contributed by atoms with Crippen LogP contribution in [0.2, 0.25) is 0 Å². The normalized spacial score (nSPS) is 10.3. The van der Waals surface area contributed by atoms with E-state index in [1.165, 1.54) is 7.11 Å². The fraction of sp³-hybridized carbons (Fsp3) is 0.200. The Bertz CT molecular complexity index is 451. The van der Waals surface area contributed by atoms with Crippen LogP contribution in [0.15, 0.2) is 16.6 Å². The summed E-state index contributed by atoms with van der Waals surface area (Å²) in [4.78, 5) is 0. The molecule has 0 atom stereocenters. The third kappa shape index (κ3) is 3.86. The van der Waals surface area contributed by atoms with Crippen molar-refractivity contribution >= 4 is 39.5 Å². The van der Waals surface area contributed by atoms with Crippen molar-refractivity contribution in [3.8, 4) is 11.5 Å². The highest BCUT2D eigenvalue weighted by atomic mass is 79.9. The molecule has 0 amide bonds. The second-order valence-electron chi connectivity index (χ2n) is 3.04. The van der Waals surface area contributed by atoms with E-state index < -0.39 is 0 Å². The van der Waals surface area contributed by atoms with Crippen LogP contribution in [0.25, 0.3) is 0 Å². The molecule has 1 aromatic carbocycles. The molecule has 0 unspecified atom stereocenters. The first kappa shape index (κ1) is 13.7. The van der Waals surface area contributed by atoms with Crippen LogP contribution in [0.5, 0.6) is 11.5 Å². The standard InChI is InChI=1S/C10H12BrN3O2S/c1-12-10(17)14-13-5-6-3-7(11)4-8(16-2)9(6)15/h3-5,15H,1-2H3,(H2,12,14,17)/p+1. The third-order valence-corrected chi connectivity index (χ3v) is 2.69. The van der Waals surface area contributed by atoms with E-state index in [0.29, 0.717) is 16.4 Å². The average Bonchev–Trinajstić information content (AvgIpc) is 2.32. The van der Waals surface area contributed by atoms with Gasteiger partial charge in [-0.2, -0.15) is 0 Å². The predicted octanol–water partition coefficient (Wildman–Crippen LogP) is -0.328. The zero-order valence-electron chi connectivity index (χ0n) is 9.37. The summed E-state index contributed by atoms with van der Waals surface area (Å²) < 4.78 is 5.83. The van der Waals surface area contributed by atoms with E-state index in [1.54, 1.807) is 25.4 Å². The Morgan fingerprint density at radius 3 is 2.88 bits per heavy atom. The van der Waals surface area contributed by atoms with Crippen molar-refractivity contribution in [2.45, 2.75) is 0 Å². The number of hydrogen-bond donors (Lipinski definition) is 4. The van der Waals surface area contributed by atoms with Crippen molar-refractivity contribution in [2.24, 2.45) is 0 Å². The molecule has 0 saturated carbocycles. The minimum Gasteiger partial charge on any atom is -0.504 e. The number of aromatic hydroxyl groups is 1. The van der Waals surface area contributed by atoms with Gasteiger partial charge in [0.2, 0.25) is 11.3 Å². The number of methoxy groups -OCH3 is 1. The predicted molar refractivity (Wildman–Crippen MR) is 73.3 cm³/mol. The van der Waals surface area contributed by atoms with Gasteiger partial charge in [-0.05, 0) is 24.4 Å². The quantitative estimate of drug-likeness (QED) is 0.349. The smallest absolute Gasteiger partial charge is 0.223 e. The minimum atomic E-state index is 0.0559. The van der Waals surface area contributed by atoms with Crippen molar-refractivity contribution in [1.29, 1.82) is 0 Å². The van der Waals surface area contributed by atoms with Crippen LogP contribution in [-0.4, -0.2) is 30.6 Å². The first-order valence-electron chi connectivity index (χ1n) is 4.71. The highest BCUT2D eigenvalue weighted by Gasteiger charge is 2.10. The number of ether oxygens (including phenoxy) is 1. The summed E-state index contributed by atoms with van der Waals surface area (Å²) in [7, 11) is 3.20. The second-order valence-corrected chi connectivity index (χ2v) is 4.36. The Hall–Kier alpha value is -1.34. The number of hydrogen-bond acceptors (Lipinski definition) is 3. The molecule has 0 aliphatic carbocycles. The first-order chi connectivity index (χ1) is 8.08. The molecule has 0 bridgehead atoms. The Morgan fingerprint density at radius 2 is 2.29 bits per heavy atom. The molecule has 0 aromatic heterocycles. The summed E-state index contributed by atoms with van der Waals surface area (Å²) in [6.45, 7) is 0. The molecule has 0 spiro atoms. The summed E-state index contributed by atoms with van der Waals surface area (Å²) in [6.07, 6.45) is 1.58. The van der Waals surface area contributed by atoms with Crippen LogP contribution in [0, 0.1) is 0 Å². The number of phenolic OH excluding ortho intramolecular Hbond substituents is 1. The van der Waals surface area contributed by atoms with Gasteiger partial charge in [0.05, 0.1) is 12.7 Å². The summed E-state index contributed by atoms with van der Waals surface area (Å²) in [5, 5.41) is 15.8. The van der Waals surface area contributed by atoms with Crippen LogP contribution < -0.4 is 20.6 Å². The van der Waals surface area contributed by atoms with Crippen molar-refractivity contribution in [1.82, 2.24) is 10.7 Å². The molecule has 0 aliphatic rings. The van der Waals surface area contributed by atoms with Crippen LogP contribution in [0.1, 0.15) is 5.56 Å². The maximum Gasteiger partial charge on any atom is 0.223 e. The Balaban J connectivity index is 2.90. The molecular weight excluding hydrogens is 306 g/mol. The van der Waals surface area contributed by atoms with Gasteiger partial charge in [-0.3, -0.25) is 0 Å². The number of rotatable bonds is 3. The van der Waals surface area contributed by atoms with Gasteiger partial charge in [-0.25, -0.2) is 0 Å². The summed E-state index contributed by atoms with van der Waals surface area (Å²) in [6, 6.07) is 3.42. The van der Waals surface area contributed by atoms with Gasteiger partial charge in [0, 0.05) is 11.5 Å². The van der Waals surface area contributed by atoms with E-state index in [1.807, 2.05) is 0 Å². The van der Waals surface area contributed by atoms with Crippen LogP contribution in [-0.2, 0) is 0 Å². The number of benzene rings is 1. The van der Waals surface area contributed by atoms with Crippen molar-refractivity contribution < 1.29 is 14.9 Å². The number of phenols is 1. The molecule has 0 saturated heterocycles. The van der Waals surface area contributed by atoms with Gasteiger partial charge in [0.25, 0.3) is 0 Å². The highest BCUT2D eigenvalue weighted by molar-refractivity contribution is 9.10. The number of hydrazine groups is 1. The van der Waals surface area contributed by atoms with Gasteiger partial charge < -0.3 is 15.2 Å². The third-order valence-electron chi connectivity index (χ3n) is 1.93. The van der Waals surface area contributed by atoms with Crippen LogP contribution >= 0.6 is 28.1 Å². The van der Waals surface area contributed by atoms with Gasteiger partial charge in [0.1, 0.15) is 0 Å².